The molecule has 5 N–H and O–H groups in total. The average Bonchev–Trinajstić information content (AvgIpc) is 2.37. The first kappa shape index (κ1) is 12.1. The molecule has 0 aliphatic carbocycles. The number of nitrogens with one attached hydrogen (secondary N) is 1. The highest BCUT2D eigenvalue weighted by atomic mass is 16.5. The number of nitrogens with two attached hydrogens (primary N) is 2. The number of nitrogens with zero attached hydrogens (tertiary/aromatic N) is 1. The van der Waals surface area contributed by atoms with Gasteiger partial charge in [0, 0.05) is 6.54 Å². The summed E-state index contributed by atoms with van der Waals surface area (Å²) in [4.78, 5) is 17.6. The molecular weight excluding hydrogens is 232 g/mol. The molecule has 2 aromatic rings. The molecule has 0 fully saturated rings. The largest absolute Gasteiger partial charge is 0.437 e. The monoisotopic (exact) mass is 246 g/mol. The lowest BCUT2D eigenvalue weighted by Gasteiger charge is -2.10. The van der Waals surface area contributed by atoms with Crippen molar-refractivity contribution in [1.82, 2.24) is 9.97 Å². The number of ether oxygens (including phenoxy) is 1. The van der Waals surface area contributed by atoms with Crippen LogP contribution in [0.3, 0.4) is 0 Å². The molecular formula is C12H14N4O2. The molecule has 0 aliphatic heterocycles. The van der Waals surface area contributed by atoms with Gasteiger partial charge in [-0.3, -0.25) is 4.79 Å². The number of aryl methyl sites for hydroxylation is 1. The zero-order valence-electron chi connectivity index (χ0n) is 9.93. The maximum absolute atomic E-state index is 11.3. The summed E-state index contributed by atoms with van der Waals surface area (Å²) in [6.45, 7) is 2.30. The molecule has 2 rings (SSSR count). The quantitative estimate of drug-likeness (QED) is 0.746. The van der Waals surface area contributed by atoms with Crippen molar-refractivity contribution in [2.24, 2.45) is 5.73 Å². The Kier molecular flexibility index (Phi) is 3.29. The number of aromatic amines is 1. The third kappa shape index (κ3) is 2.33. The number of hydrogen-bond acceptors (Lipinski definition) is 5. The summed E-state index contributed by atoms with van der Waals surface area (Å²) in [7, 11) is 0. The Morgan fingerprint density at radius 2 is 2.22 bits per heavy atom. The molecule has 0 aliphatic rings. The van der Waals surface area contributed by atoms with E-state index < -0.39 is 5.56 Å². The van der Waals surface area contributed by atoms with Gasteiger partial charge in [-0.15, -0.1) is 0 Å². The van der Waals surface area contributed by atoms with Crippen LogP contribution in [0.2, 0.25) is 0 Å². The lowest BCUT2D eigenvalue weighted by Crippen LogP contribution is -2.13. The van der Waals surface area contributed by atoms with Crippen LogP contribution < -0.4 is 21.8 Å². The molecule has 0 radical (unpaired) electrons. The maximum atomic E-state index is 11.3. The van der Waals surface area contributed by atoms with Crippen LogP contribution in [0.25, 0.3) is 0 Å². The van der Waals surface area contributed by atoms with Crippen molar-refractivity contribution < 1.29 is 4.74 Å². The fourth-order valence-electron chi connectivity index (χ4n) is 1.46. The Morgan fingerprint density at radius 1 is 1.44 bits per heavy atom. The van der Waals surface area contributed by atoms with Gasteiger partial charge in [0.05, 0.1) is 6.33 Å². The predicted octanol–water partition coefficient (Wildman–Crippen LogP) is 0.912. The summed E-state index contributed by atoms with van der Waals surface area (Å²) in [5, 5.41) is 0. The lowest BCUT2D eigenvalue weighted by molar-refractivity contribution is 0.459. The number of hydrogen-bond donors (Lipinski definition) is 3. The Hall–Kier alpha value is -2.34. The van der Waals surface area contributed by atoms with E-state index in [1.54, 1.807) is 6.07 Å². The summed E-state index contributed by atoms with van der Waals surface area (Å²) >= 11 is 0. The highest BCUT2D eigenvalue weighted by molar-refractivity contribution is 5.48. The van der Waals surface area contributed by atoms with Crippen LogP contribution in [-0.2, 0) is 6.54 Å². The topological polar surface area (TPSA) is 107 Å². The maximum Gasteiger partial charge on any atom is 0.277 e. The van der Waals surface area contributed by atoms with E-state index in [0.717, 1.165) is 11.1 Å². The summed E-state index contributed by atoms with van der Waals surface area (Å²) < 4.78 is 5.55. The fraction of sp³-hybridized carbons (Fsp3) is 0.167. The molecule has 94 valence electrons. The van der Waals surface area contributed by atoms with E-state index in [1.807, 2.05) is 19.1 Å². The van der Waals surface area contributed by atoms with E-state index in [0.29, 0.717) is 12.3 Å². The van der Waals surface area contributed by atoms with Crippen LogP contribution in [0.15, 0.2) is 29.3 Å². The SMILES string of the molecule is Cc1ccc(CN)cc1Oc1nc[nH]c(=O)c1N. The minimum Gasteiger partial charge on any atom is -0.437 e. The zero-order chi connectivity index (χ0) is 13.1. The van der Waals surface area contributed by atoms with Crippen molar-refractivity contribution in [3.8, 4) is 11.6 Å². The molecule has 0 amide bonds. The normalized spacial score (nSPS) is 10.3. The molecule has 0 atom stereocenters. The predicted molar refractivity (Wildman–Crippen MR) is 68.4 cm³/mol. The van der Waals surface area contributed by atoms with Gasteiger partial charge in [-0.1, -0.05) is 12.1 Å². The molecule has 6 heteroatoms. The second kappa shape index (κ2) is 4.89. The van der Waals surface area contributed by atoms with E-state index in [1.165, 1.54) is 6.33 Å². The lowest BCUT2D eigenvalue weighted by atomic mass is 10.1. The summed E-state index contributed by atoms with van der Waals surface area (Å²) in [5.41, 5.74) is 12.5. The van der Waals surface area contributed by atoms with Gasteiger partial charge in [-0.05, 0) is 24.1 Å². The number of anilines is 1. The molecule has 0 spiro atoms. The molecule has 1 aromatic carbocycles. The van der Waals surface area contributed by atoms with Crippen molar-refractivity contribution in [3.63, 3.8) is 0 Å². The van der Waals surface area contributed by atoms with Crippen molar-refractivity contribution in [1.29, 1.82) is 0 Å². The molecule has 0 unspecified atom stereocenters. The Balaban J connectivity index is 2.39. The minimum absolute atomic E-state index is 0.0462. The van der Waals surface area contributed by atoms with E-state index in [2.05, 4.69) is 9.97 Å². The Labute approximate surface area is 104 Å². The molecule has 0 saturated heterocycles. The number of rotatable bonds is 3. The first-order valence-corrected chi connectivity index (χ1v) is 5.42. The van der Waals surface area contributed by atoms with Crippen LogP contribution in [0, 0.1) is 6.92 Å². The third-order valence-corrected chi connectivity index (χ3v) is 2.55. The van der Waals surface area contributed by atoms with Gasteiger partial charge >= 0.3 is 0 Å². The van der Waals surface area contributed by atoms with Gasteiger partial charge in [-0.2, -0.15) is 0 Å². The highest BCUT2D eigenvalue weighted by Crippen LogP contribution is 2.26. The van der Waals surface area contributed by atoms with Crippen molar-refractivity contribution in [3.05, 3.63) is 46.0 Å². The first-order chi connectivity index (χ1) is 8.61. The molecule has 6 nitrogen and oxygen atoms in total. The second-order valence-electron chi connectivity index (χ2n) is 3.86. The van der Waals surface area contributed by atoms with Crippen molar-refractivity contribution in [2.75, 3.05) is 5.73 Å². The minimum atomic E-state index is -0.423. The van der Waals surface area contributed by atoms with Gasteiger partial charge < -0.3 is 21.2 Å². The van der Waals surface area contributed by atoms with Crippen LogP contribution >= 0.6 is 0 Å². The van der Waals surface area contributed by atoms with Crippen LogP contribution in [0.1, 0.15) is 11.1 Å². The van der Waals surface area contributed by atoms with Crippen molar-refractivity contribution >= 4 is 5.69 Å². The highest BCUT2D eigenvalue weighted by Gasteiger charge is 2.09. The second-order valence-corrected chi connectivity index (χ2v) is 3.86. The van der Waals surface area contributed by atoms with E-state index in [4.69, 9.17) is 16.2 Å². The van der Waals surface area contributed by atoms with E-state index in [9.17, 15) is 4.79 Å². The summed E-state index contributed by atoms with van der Waals surface area (Å²) in [5.74, 6) is 0.679. The third-order valence-electron chi connectivity index (χ3n) is 2.55. The van der Waals surface area contributed by atoms with Crippen molar-refractivity contribution in [2.45, 2.75) is 13.5 Å². The molecule has 18 heavy (non-hydrogen) atoms. The van der Waals surface area contributed by atoms with Gasteiger partial charge in [-0.25, -0.2) is 4.98 Å². The summed E-state index contributed by atoms with van der Waals surface area (Å²) in [6.07, 6.45) is 1.25. The van der Waals surface area contributed by atoms with Gasteiger partial charge in [0.15, 0.2) is 5.69 Å². The van der Waals surface area contributed by atoms with Gasteiger partial charge in [0.2, 0.25) is 5.88 Å². The molecule has 0 bridgehead atoms. The first-order valence-electron chi connectivity index (χ1n) is 5.42. The number of aromatic nitrogens is 2. The fourth-order valence-corrected chi connectivity index (χ4v) is 1.46. The number of nitrogen functional groups attached to an aromatic ring is 1. The smallest absolute Gasteiger partial charge is 0.277 e. The molecule has 1 heterocycles. The van der Waals surface area contributed by atoms with Crippen LogP contribution in [0.5, 0.6) is 11.6 Å². The molecule has 0 saturated carbocycles. The van der Waals surface area contributed by atoms with Gasteiger partial charge in [0.1, 0.15) is 5.75 Å². The Bertz CT molecular complexity index is 622. The van der Waals surface area contributed by atoms with Gasteiger partial charge in [0.25, 0.3) is 5.56 Å². The average molecular weight is 246 g/mol. The van der Waals surface area contributed by atoms with E-state index in [-0.39, 0.29) is 11.6 Å². The number of benzene rings is 1. The molecule has 1 aromatic heterocycles. The summed E-state index contributed by atoms with van der Waals surface area (Å²) in [6, 6.07) is 5.61. The standard InChI is InChI=1S/C12H14N4O2/c1-7-2-3-8(5-13)4-9(7)18-12-10(14)11(17)15-6-16-12/h2-4,6H,5,13-14H2,1H3,(H,15,16,17). The van der Waals surface area contributed by atoms with Crippen LogP contribution in [-0.4, -0.2) is 9.97 Å². The Morgan fingerprint density at radius 3 is 2.94 bits per heavy atom. The zero-order valence-corrected chi connectivity index (χ0v) is 9.93. The van der Waals surface area contributed by atoms with Crippen LogP contribution in [0.4, 0.5) is 5.69 Å². The van der Waals surface area contributed by atoms with E-state index >= 15 is 0 Å². The number of H-pyrrole nitrogens is 1.